The lowest BCUT2D eigenvalue weighted by molar-refractivity contribution is 0.122. The zero-order valence-electron chi connectivity index (χ0n) is 13.0. The zero-order valence-corrected chi connectivity index (χ0v) is 13.8. The van der Waals surface area contributed by atoms with Crippen LogP contribution in [-0.4, -0.2) is 34.2 Å². The zero-order chi connectivity index (χ0) is 15.6. The molecule has 1 aliphatic rings. The molecule has 2 N–H and O–H groups in total. The van der Waals surface area contributed by atoms with Crippen molar-refractivity contribution in [2.75, 3.05) is 13.7 Å². The van der Waals surface area contributed by atoms with E-state index in [1.807, 2.05) is 6.92 Å². The monoisotopic (exact) mass is 316 g/mol. The van der Waals surface area contributed by atoms with Crippen molar-refractivity contribution in [2.45, 2.75) is 57.2 Å². The minimum atomic E-state index is -3.60. The first-order chi connectivity index (χ1) is 9.85. The number of methoxy groups -OCH3 is 1. The van der Waals surface area contributed by atoms with Crippen molar-refractivity contribution in [1.82, 2.24) is 10.0 Å². The van der Waals surface area contributed by atoms with E-state index >= 15 is 0 Å². The van der Waals surface area contributed by atoms with E-state index in [1.54, 1.807) is 21.0 Å². The van der Waals surface area contributed by atoms with Crippen LogP contribution in [0.25, 0.3) is 0 Å². The lowest BCUT2D eigenvalue weighted by atomic mass is 10.2. The summed E-state index contributed by atoms with van der Waals surface area (Å²) in [5.41, 5.74) is 0.719. The number of furan rings is 1. The molecule has 1 heterocycles. The van der Waals surface area contributed by atoms with Crippen molar-refractivity contribution >= 4 is 10.0 Å². The lowest BCUT2D eigenvalue weighted by Crippen LogP contribution is -2.32. The van der Waals surface area contributed by atoms with E-state index in [-0.39, 0.29) is 17.5 Å². The Morgan fingerprint density at radius 1 is 1.33 bits per heavy atom. The van der Waals surface area contributed by atoms with Crippen molar-refractivity contribution in [2.24, 2.45) is 0 Å². The van der Waals surface area contributed by atoms with Gasteiger partial charge in [-0.1, -0.05) is 0 Å². The van der Waals surface area contributed by atoms with E-state index in [0.717, 1.165) is 18.4 Å². The van der Waals surface area contributed by atoms with Gasteiger partial charge < -0.3 is 14.5 Å². The van der Waals surface area contributed by atoms with Crippen molar-refractivity contribution in [1.29, 1.82) is 0 Å². The molecule has 0 bridgehead atoms. The van der Waals surface area contributed by atoms with Gasteiger partial charge in [0.25, 0.3) is 0 Å². The third kappa shape index (κ3) is 4.06. The molecule has 1 unspecified atom stereocenters. The van der Waals surface area contributed by atoms with Gasteiger partial charge in [-0.3, -0.25) is 0 Å². The molecule has 0 aliphatic heterocycles. The molecule has 1 aliphatic carbocycles. The molecular weight excluding hydrogens is 292 g/mol. The van der Waals surface area contributed by atoms with Gasteiger partial charge in [-0.15, -0.1) is 0 Å². The largest absolute Gasteiger partial charge is 0.465 e. The number of ether oxygens (including phenoxy) is 1. The molecule has 0 aromatic carbocycles. The summed E-state index contributed by atoms with van der Waals surface area (Å²) in [6.07, 6.45) is 2.13. The Morgan fingerprint density at radius 2 is 2.00 bits per heavy atom. The predicted octanol–water partition coefficient (Wildman–Crippen LogP) is 1.46. The normalized spacial score (nSPS) is 17.1. The topological polar surface area (TPSA) is 80.6 Å². The average molecular weight is 316 g/mol. The molecule has 21 heavy (non-hydrogen) atoms. The van der Waals surface area contributed by atoms with Crippen LogP contribution in [0.3, 0.4) is 0 Å². The highest BCUT2D eigenvalue weighted by molar-refractivity contribution is 7.89. The maximum Gasteiger partial charge on any atom is 0.244 e. The van der Waals surface area contributed by atoms with Gasteiger partial charge >= 0.3 is 0 Å². The van der Waals surface area contributed by atoms with Crippen LogP contribution < -0.4 is 10.0 Å². The summed E-state index contributed by atoms with van der Waals surface area (Å²) in [5.74, 6) is 1.08. The Kier molecular flexibility index (Phi) is 5.08. The number of aryl methyl sites for hydroxylation is 2. The Hall–Kier alpha value is -0.890. The highest BCUT2D eigenvalue weighted by Gasteiger charge is 2.28. The minimum Gasteiger partial charge on any atom is -0.465 e. The van der Waals surface area contributed by atoms with Gasteiger partial charge in [0.15, 0.2) is 0 Å². The second-order valence-electron chi connectivity index (χ2n) is 5.58. The highest BCUT2D eigenvalue weighted by Crippen LogP contribution is 2.28. The molecule has 1 aromatic heterocycles. The van der Waals surface area contributed by atoms with Gasteiger partial charge in [-0.25, -0.2) is 13.1 Å². The van der Waals surface area contributed by atoms with Gasteiger partial charge in [-0.05, 0) is 33.6 Å². The highest BCUT2D eigenvalue weighted by atomic mass is 32.2. The summed E-state index contributed by atoms with van der Waals surface area (Å²) in [6, 6.07) is 0.511. The maximum atomic E-state index is 12.5. The Morgan fingerprint density at radius 3 is 2.57 bits per heavy atom. The Labute approximate surface area is 126 Å². The summed E-state index contributed by atoms with van der Waals surface area (Å²) in [6.45, 7) is 6.04. The van der Waals surface area contributed by atoms with Crippen molar-refractivity contribution in [3.8, 4) is 0 Å². The van der Waals surface area contributed by atoms with Crippen LogP contribution in [0.1, 0.15) is 36.8 Å². The van der Waals surface area contributed by atoms with Crippen LogP contribution in [0.4, 0.5) is 0 Å². The van der Waals surface area contributed by atoms with Crippen LogP contribution in [0.2, 0.25) is 0 Å². The maximum absolute atomic E-state index is 12.5. The lowest BCUT2D eigenvalue weighted by Gasteiger charge is -2.12. The fraction of sp³-hybridized carbons (Fsp3) is 0.714. The fourth-order valence-corrected chi connectivity index (χ4v) is 3.74. The number of nitrogens with one attached hydrogen (secondary N) is 2. The van der Waals surface area contributed by atoms with Gasteiger partial charge in [0, 0.05) is 31.8 Å². The molecule has 0 spiro atoms. The Bertz CT molecular complexity index is 590. The van der Waals surface area contributed by atoms with Crippen LogP contribution in [0.15, 0.2) is 9.31 Å². The predicted molar refractivity (Wildman–Crippen MR) is 79.7 cm³/mol. The molecule has 2 rings (SSSR count). The second-order valence-corrected chi connectivity index (χ2v) is 7.28. The van der Waals surface area contributed by atoms with Crippen molar-refractivity contribution in [3.05, 3.63) is 17.1 Å². The molecule has 0 amide bonds. The molecule has 0 saturated heterocycles. The molecule has 6 nitrogen and oxygen atoms in total. The van der Waals surface area contributed by atoms with Gasteiger partial charge in [0.2, 0.25) is 10.0 Å². The molecule has 1 atom stereocenters. The first kappa shape index (κ1) is 16.5. The van der Waals surface area contributed by atoms with Crippen molar-refractivity contribution in [3.63, 3.8) is 0 Å². The number of hydrogen-bond donors (Lipinski definition) is 2. The van der Waals surface area contributed by atoms with E-state index in [0.29, 0.717) is 24.1 Å². The third-order valence-corrected chi connectivity index (χ3v) is 5.32. The molecule has 7 heteroatoms. The number of hydrogen-bond acceptors (Lipinski definition) is 5. The molecule has 1 saturated carbocycles. The quantitative estimate of drug-likeness (QED) is 0.759. The van der Waals surface area contributed by atoms with Crippen LogP contribution in [0, 0.1) is 13.8 Å². The summed E-state index contributed by atoms with van der Waals surface area (Å²) in [7, 11) is -2.04. The average Bonchev–Trinajstić information content (AvgIpc) is 3.19. The van der Waals surface area contributed by atoms with Crippen molar-refractivity contribution < 1.29 is 17.6 Å². The van der Waals surface area contributed by atoms with E-state index in [2.05, 4.69) is 10.0 Å². The van der Waals surface area contributed by atoms with Gasteiger partial charge in [-0.2, -0.15) is 0 Å². The molecule has 120 valence electrons. The number of sulfonamides is 1. The summed E-state index contributed by atoms with van der Waals surface area (Å²) >= 11 is 0. The SMILES string of the molecule is COC(C)CNS(=O)(=O)c1c(C)oc(C)c1CNC1CC1. The summed E-state index contributed by atoms with van der Waals surface area (Å²) < 4.78 is 38.2. The van der Waals surface area contributed by atoms with Gasteiger partial charge in [0.05, 0.1) is 6.10 Å². The van der Waals surface area contributed by atoms with E-state index < -0.39 is 10.0 Å². The van der Waals surface area contributed by atoms with Crippen LogP contribution in [-0.2, 0) is 21.3 Å². The van der Waals surface area contributed by atoms with E-state index in [9.17, 15) is 8.42 Å². The Balaban J connectivity index is 2.19. The molecule has 0 radical (unpaired) electrons. The fourth-order valence-electron chi connectivity index (χ4n) is 2.18. The first-order valence-electron chi connectivity index (χ1n) is 7.20. The smallest absolute Gasteiger partial charge is 0.244 e. The minimum absolute atomic E-state index is 0.180. The third-order valence-electron chi connectivity index (χ3n) is 3.70. The standard InChI is InChI=1S/C14H24N2O4S/c1-9(19-4)7-16-21(17,18)14-11(3)20-10(2)13(14)8-15-12-5-6-12/h9,12,15-16H,5-8H2,1-4H3. The first-order valence-corrected chi connectivity index (χ1v) is 8.68. The summed E-state index contributed by atoms with van der Waals surface area (Å²) in [4.78, 5) is 0.261. The van der Waals surface area contributed by atoms with E-state index in [1.165, 1.54) is 0 Å². The van der Waals surface area contributed by atoms with Crippen LogP contribution in [0.5, 0.6) is 0 Å². The molecular formula is C14H24N2O4S. The van der Waals surface area contributed by atoms with Crippen LogP contribution >= 0.6 is 0 Å². The molecule has 1 aromatic rings. The molecule has 1 fully saturated rings. The summed E-state index contributed by atoms with van der Waals surface area (Å²) in [5, 5.41) is 3.34. The van der Waals surface area contributed by atoms with E-state index in [4.69, 9.17) is 9.15 Å². The van der Waals surface area contributed by atoms with Gasteiger partial charge in [0.1, 0.15) is 16.4 Å². The second kappa shape index (κ2) is 6.48. The number of rotatable bonds is 8.